The van der Waals surface area contributed by atoms with Gasteiger partial charge < -0.3 is 14.2 Å². The third kappa shape index (κ3) is 52.6. The first kappa shape index (κ1) is 62.8. The summed E-state index contributed by atoms with van der Waals surface area (Å²) in [5.41, 5.74) is 0. The molecular weight excluding hydrogens is 829 g/mol. The molecule has 0 aromatic carbocycles. The van der Waals surface area contributed by atoms with Crippen LogP contribution in [-0.2, 0) is 28.6 Å². The lowest BCUT2D eigenvalue weighted by molar-refractivity contribution is -0.166. The van der Waals surface area contributed by atoms with Crippen LogP contribution in [0.2, 0.25) is 0 Å². The van der Waals surface area contributed by atoms with Gasteiger partial charge in [0, 0.05) is 12.8 Å². The summed E-state index contributed by atoms with van der Waals surface area (Å²) >= 11 is 0. The smallest absolute Gasteiger partial charge is 0.310 e. The van der Waals surface area contributed by atoms with Crippen molar-refractivity contribution in [3.8, 4) is 0 Å². The van der Waals surface area contributed by atoms with E-state index in [2.05, 4.69) is 130 Å². The number of ether oxygens (including phenoxy) is 3. The number of carbonyl (C=O) groups excluding carboxylic acids is 3. The van der Waals surface area contributed by atoms with Crippen molar-refractivity contribution in [3.05, 3.63) is 122 Å². The maximum Gasteiger partial charge on any atom is 0.310 e. The number of hydrogen-bond donors (Lipinski definition) is 0. The van der Waals surface area contributed by atoms with Gasteiger partial charge in [0.25, 0.3) is 0 Å². The van der Waals surface area contributed by atoms with Gasteiger partial charge >= 0.3 is 17.9 Å². The summed E-state index contributed by atoms with van der Waals surface area (Å²) in [5.74, 6) is -1.07. The van der Waals surface area contributed by atoms with Crippen molar-refractivity contribution in [3.63, 3.8) is 0 Å². The Morgan fingerprint density at radius 1 is 0.328 bits per heavy atom. The molecule has 0 amide bonds. The molecular formula is C61H98O6. The van der Waals surface area contributed by atoms with Gasteiger partial charge in [-0.2, -0.15) is 0 Å². The minimum absolute atomic E-state index is 0.0904. The van der Waals surface area contributed by atoms with Crippen LogP contribution in [0.15, 0.2) is 122 Å². The van der Waals surface area contributed by atoms with E-state index < -0.39 is 12.1 Å². The van der Waals surface area contributed by atoms with Crippen molar-refractivity contribution in [2.24, 2.45) is 0 Å². The Morgan fingerprint density at radius 2 is 0.627 bits per heavy atom. The summed E-state index contributed by atoms with van der Waals surface area (Å²) in [6.45, 7) is 6.26. The number of rotatable bonds is 47. The normalized spacial score (nSPS) is 13.1. The number of allylic oxidation sites excluding steroid dienone is 19. The lowest BCUT2D eigenvalue weighted by atomic mass is 10.1. The lowest BCUT2D eigenvalue weighted by Gasteiger charge is -2.18. The summed E-state index contributed by atoms with van der Waals surface area (Å²) in [6, 6.07) is 0. The fourth-order valence-corrected chi connectivity index (χ4v) is 6.96. The average Bonchev–Trinajstić information content (AvgIpc) is 3.33. The van der Waals surface area contributed by atoms with E-state index in [1.807, 2.05) is 6.08 Å². The number of carbonyl (C=O) groups is 3. The monoisotopic (exact) mass is 927 g/mol. The van der Waals surface area contributed by atoms with Crippen LogP contribution in [0.4, 0.5) is 0 Å². The first-order chi connectivity index (χ1) is 33.0. The Labute approximate surface area is 412 Å². The van der Waals surface area contributed by atoms with Gasteiger partial charge in [-0.25, -0.2) is 0 Å². The number of unbranched alkanes of at least 4 members (excludes halogenated alkanes) is 17. The van der Waals surface area contributed by atoms with Crippen LogP contribution in [0, 0.1) is 0 Å². The predicted molar refractivity (Wildman–Crippen MR) is 288 cm³/mol. The fraction of sp³-hybridized carbons (Fsp3) is 0.623. The molecule has 0 spiro atoms. The molecule has 0 bridgehead atoms. The van der Waals surface area contributed by atoms with Gasteiger partial charge in [0.05, 0.1) is 6.42 Å². The molecule has 0 saturated carbocycles. The molecule has 0 aliphatic rings. The lowest BCUT2D eigenvalue weighted by Crippen LogP contribution is -2.30. The molecule has 6 nitrogen and oxygen atoms in total. The Bertz CT molecular complexity index is 1440. The van der Waals surface area contributed by atoms with E-state index in [0.29, 0.717) is 19.3 Å². The summed E-state index contributed by atoms with van der Waals surface area (Å²) in [6.07, 6.45) is 75.0. The van der Waals surface area contributed by atoms with Crippen molar-refractivity contribution in [2.75, 3.05) is 13.2 Å². The van der Waals surface area contributed by atoms with Crippen molar-refractivity contribution in [2.45, 2.75) is 232 Å². The highest BCUT2D eigenvalue weighted by molar-refractivity contribution is 5.72. The van der Waals surface area contributed by atoms with Crippen LogP contribution >= 0.6 is 0 Å². The molecule has 0 heterocycles. The van der Waals surface area contributed by atoms with Gasteiger partial charge in [-0.1, -0.05) is 226 Å². The molecule has 0 radical (unpaired) electrons. The van der Waals surface area contributed by atoms with Crippen LogP contribution < -0.4 is 0 Å². The Balaban J connectivity index is 4.42. The van der Waals surface area contributed by atoms with E-state index >= 15 is 0 Å². The van der Waals surface area contributed by atoms with E-state index in [-0.39, 0.29) is 31.6 Å². The third-order valence-corrected chi connectivity index (χ3v) is 11.0. The van der Waals surface area contributed by atoms with Crippen molar-refractivity contribution in [1.29, 1.82) is 0 Å². The maximum atomic E-state index is 12.7. The molecule has 0 aliphatic heterocycles. The van der Waals surface area contributed by atoms with Crippen LogP contribution in [0.5, 0.6) is 0 Å². The zero-order chi connectivity index (χ0) is 48.6. The minimum atomic E-state index is -0.840. The molecule has 0 fully saturated rings. The largest absolute Gasteiger partial charge is 0.462 e. The summed E-state index contributed by atoms with van der Waals surface area (Å²) in [4.78, 5) is 37.9. The zero-order valence-corrected chi connectivity index (χ0v) is 43.1. The van der Waals surface area contributed by atoms with E-state index in [1.54, 1.807) is 6.08 Å². The molecule has 0 rings (SSSR count). The fourth-order valence-electron chi connectivity index (χ4n) is 6.96. The molecule has 0 aromatic heterocycles. The molecule has 378 valence electrons. The van der Waals surface area contributed by atoms with Gasteiger partial charge in [-0.15, -0.1) is 0 Å². The molecule has 0 aliphatic carbocycles. The maximum absolute atomic E-state index is 12.7. The van der Waals surface area contributed by atoms with Gasteiger partial charge in [0.1, 0.15) is 13.2 Å². The summed E-state index contributed by atoms with van der Waals surface area (Å²) in [5, 5.41) is 0. The van der Waals surface area contributed by atoms with Crippen LogP contribution in [0.1, 0.15) is 226 Å². The quantitative estimate of drug-likeness (QED) is 0.0262. The molecule has 1 unspecified atom stereocenters. The second-order valence-electron chi connectivity index (χ2n) is 17.4. The standard InChI is InChI=1S/C61H98O6/c1-4-7-10-13-16-19-22-24-26-27-28-29-30-31-32-33-35-36-39-42-45-48-51-54-60(63)66-57-58(56-65-59(62)53-50-47-44-41-38-21-18-15-12-9-6-3)67-61(64)55-52-49-46-43-40-37-34-25-23-20-17-14-11-8-5-2/h7-8,10-11,15-20,24-26,28-29,34,40,43,49,52,58H,4-6,9,12-14,21-23,27,30-33,35-39,41-42,44-48,50-51,53-57H2,1-3H3/b10-7-,11-8-,18-15-,19-16-,20-17-,26-24-,29-28-,34-25-,43-40-,52-49-. The topological polar surface area (TPSA) is 78.9 Å². The highest BCUT2D eigenvalue weighted by Gasteiger charge is 2.19. The third-order valence-electron chi connectivity index (χ3n) is 11.0. The van der Waals surface area contributed by atoms with Crippen molar-refractivity contribution < 1.29 is 28.6 Å². The number of hydrogen-bond acceptors (Lipinski definition) is 6. The van der Waals surface area contributed by atoms with Gasteiger partial charge in [-0.3, -0.25) is 14.4 Å². The predicted octanol–water partition coefficient (Wildman–Crippen LogP) is 18.1. The average molecular weight is 927 g/mol. The van der Waals surface area contributed by atoms with E-state index in [9.17, 15) is 14.4 Å². The van der Waals surface area contributed by atoms with E-state index in [1.165, 1.54) is 77.0 Å². The molecule has 0 aromatic rings. The zero-order valence-electron chi connectivity index (χ0n) is 43.1. The molecule has 0 saturated heterocycles. The molecule has 67 heavy (non-hydrogen) atoms. The Morgan fingerprint density at radius 3 is 1.00 bits per heavy atom. The van der Waals surface area contributed by atoms with Gasteiger partial charge in [0.2, 0.25) is 0 Å². The first-order valence-electron chi connectivity index (χ1n) is 27.0. The second kappa shape index (κ2) is 54.4. The molecule has 1 atom stereocenters. The molecule has 6 heteroatoms. The summed E-state index contributed by atoms with van der Waals surface area (Å²) in [7, 11) is 0. The summed E-state index contributed by atoms with van der Waals surface area (Å²) < 4.78 is 16.7. The molecule has 0 N–H and O–H groups in total. The van der Waals surface area contributed by atoms with Crippen molar-refractivity contribution in [1.82, 2.24) is 0 Å². The van der Waals surface area contributed by atoms with Gasteiger partial charge in [0.15, 0.2) is 6.10 Å². The highest BCUT2D eigenvalue weighted by atomic mass is 16.6. The van der Waals surface area contributed by atoms with E-state index in [0.717, 1.165) is 103 Å². The van der Waals surface area contributed by atoms with Crippen molar-refractivity contribution >= 4 is 17.9 Å². The van der Waals surface area contributed by atoms with Gasteiger partial charge in [-0.05, 0) is 103 Å². The van der Waals surface area contributed by atoms with Crippen LogP contribution in [0.3, 0.4) is 0 Å². The Hall–Kier alpha value is -4.19. The van der Waals surface area contributed by atoms with Crippen LogP contribution in [0.25, 0.3) is 0 Å². The Kier molecular flexibility index (Phi) is 51.0. The van der Waals surface area contributed by atoms with Crippen LogP contribution in [-0.4, -0.2) is 37.2 Å². The first-order valence-corrected chi connectivity index (χ1v) is 27.0. The number of esters is 3. The minimum Gasteiger partial charge on any atom is -0.462 e. The van der Waals surface area contributed by atoms with E-state index in [4.69, 9.17) is 14.2 Å². The second-order valence-corrected chi connectivity index (χ2v) is 17.4. The highest BCUT2D eigenvalue weighted by Crippen LogP contribution is 2.14. The SMILES string of the molecule is CC/C=C\C/C=C\C/C=C\C/C=C\C/C=C\CC(=O)OC(COC(=O)CCCCCCC/C=C\CCCC)COC(=O)CCCCCCCCCCCC/C=C\C/C=C\C/C=C\C/C=C\CC.